The van der Waals surface area contributed by atoms with Gasteiger partial charge in [-0.25, -0.2) is 4.98 Å². The van der Waals surface area contributed by atoms with E-state index in [4.69, 9.17) is 0 Å². The molecule has 1 aliphatic rings. The molecule has 0 spiro atoms. The van der Waals surface area contributed by atoms with E-state index in [-0.39, 0.29) is 53.9 Å². The van der Waals surface area contributed by atoms with Crippen molar-refractivity contribution in [3.05, 3.63) is 88.0 Å². The number of benzene rings is 2. The number of nitrogens with one attached hydrogen (secondary N) is 1. The molecule has 3 aromatic rings. The van der Waals surface area contributed by atoms with Gasteiger partial charge in [0, 0.05) is 62.4 Å². The Morgan fingerprint density at radius 1 is 0.938 bits per heavy atom. The number of aromatic nitrogens is 2. The van der Waals surface area contributed by atoms with Crippen LogP contribution in [-0.4, -0.2) is 70.3 Å². The number of rotatable bonds is 10. The Bertz CT molecular complexity index is 1540. The lowest BCUT2D eigenvalue weighted by molar-refractivity contribution is -0.139. The Hall–Kier alpha value is -3.71. The van der Waals surface area contributed by atoms with Crippen molar-refractivity contribution in [2.45, 2.75) is 85.0 Å². The van der Waals surface area contributed by atoms with Crippen LogP contribution in [0.4, 0.5) is 26.3 Å². The van der Waals surface area contributed by atoms with Gasteiger partial charge in [-0.1, -0.05) is 32.0 Å². The summed E-state index contributed by atoms with van der Waals surface area (Å²) >= 11 is 0. The van der Waals surface area contributed by atoms with E-state index in [0.717, 1.165) is 37.3 Å². The SMILES string of the molecule is CC(C)NC(=O)c1ccc(CN2CC[C@H](N(C)C)C2)c(C(F)(F)F)c1.Cc1cn(Cc2ccc(CC(=O)C(C)C)cc2C(F)(F)F)cn1. The zero-order chi connectivity index (χ0) is 36.0. The largest absolute Gasteiger partial charge is 0.416 e. The Morgan fingerprint density at radius 2 is 1.54 bits per heavy atom. The number of ketones is 1. The third-order valence-corrected chi connectivity index (χ3v) is 8.09. The molecule has 4 rings (SSSR count). The highest BCUT2D eigenvalue weighted by Gasteiger charge is 2.36. The van der Waals surface area contributed by atoms with Crippen LogP contribution in [0.3, 0.4) is 0 Å². The first-order valence-electron chi connectivity index (χ1n) is 15.8. The Kier molecular flexibility index (Phi) is 13.0. The van der Waals surface area contributed by atoms with E-state index in [0.29, 0.717) is 11.6 Å². The first-order chi connectivity index (χ1) is 22.2. The molecule has 2 aromatic carbocycles. The van der Waals surface area contributed by atoms with Gasteiger partial charge in [-0.05, 0) is 76.2 Å². The van der Waals surface area contributed by atoms with Gasteiger partial charge >= 0.3 is 12.4 Å². The average Bonchev–Trinajstić information content (AvgIpc) is 3.61. The van der Waals surface area contributed by atoms with E-state index < -0.39 is 29.4 Å². The maximum absolute atomic E-state index is 13.5. The van der Waals surface area contributed by atoms with Crippen LogP contribution in [0, 0.1) is 12.8 Å². The molecule has 7 nitrogen and oxygen atoms in total. The van der Waals surface area contributed by atoms with Crippen molar-refractivity contribution >= 4 is 11.7 Å². The van der Waals surface area contributed by atoms with Gasteiger partial charge in [0.15, 0.2) is 0 Å². The lowest BCUT2D eigenvalue weighted by atomic mass is 9.97. The van der Waals surface area contributed by atoms with Crippen LogP contribution in [0.25, 0.3) is 0 Å². The number of hydrogen-bond donors (Lipinski definition) is 1. The number of nitrogens with zero attached hydrogens (tertiary/aromatic N) is 4. The third kappa shape index (κ3) is 11.2. The summed E-state index contributed by atoms with van der Waals surface area (Å²) in [7, 11) is 3.97. The van der Waals surface area contributed by atoms with E-state index in [1.807, 2.05) is 19.0 Å². The monoisotopic (exact) mass is 681 g/mol. The zero-order valence-electron chi connectivity index (χ0n) is 28.5. The number of amides is 1. The molecule has 1 aromatic heterocycles. The van der Waals surface area contributed by atoms with Gasteiger partial charge in [-0.15, -0.1) is 0 Å². The Morgan fingerprint density at radius 3 is 2.06 bits per heavy atom. The van der Waals surface area contributed by atoms with E-state index in [1.54, 1.807) is 51.4 Å². The third-order valence-electron chi connectivity index (χ3n) is 8.09. The molecule has 0 bridgehead atoms. The minimum atomic E-state index is -4.48. The fourth-order valence-electron chi connectivity index (χ4n) is 5.38. The van der Waals surface area contributed by atoms with Gasteiger partial charge in [-0.3, -0.25) is 14.5 Å². The summed E-state index contributed by atoms with van der Waals surface area (Å²) in [6.45, 7) is 10.7. The highest BCUT2D eigenvalue weighted by Crippen LogP contribution is 2.35. The number of Topliss-reactive ketones (excluding diaryl/α,β-unsaturated/α-hetero) is 1. The second kappa shape index (κ2) is 16.1. The van der Waals surface area contributed by atoms with Crippen LogP contribution in [0.15, 0.2) is 48.9 Å². The maximum Gasteiger partial charge on any atom is 0.416 e. The van der Waals surface area contributed by atoms with E-state index in [9.17, 15) is 35.9 Å². The first-order valence-corrected chi connectivity index (χ1v) is 15.8. The predicted octanol–water partition coefficient (Wildman–Crippen LogP) is 7.01. The second-order valence-corrected chi connectivity index (χ2v) is 13.1. The maximum atomic E-state index is 13.5. The molecule has 0 saturated carbocycles. The van der Waals surface area contributed by atoms with Crippen molar-refractivity contribution in [3.8, 4) is 0 Å². The number of hydrogen-bond acceptors (Lipinski definition) is 5. The van der Waals surface area contributed by atoms with E-state index in [1.165, 1.54) is 24.5 Å². The van der Waals surface area contributed by atoms with Crippen LogP contribution in [0.2, 0.25) is 0 Å². The van der Waals surface area contributed by atoms with Gasteiger partial charge in [-0.2, -0.15) is 26.3 Å². The summed E-state index contributed by atoms with van der Waals surface area (Å²) in [5.41, 5.74) is 0.135. The number of halogens is 6. The molecule has 1 aliphatic heterocycles. The van der Waals surface area contributed by atoms with Crippen LogP contribution in [0.5, 0.6) is 0 Å². The van der Waals surface area contributed by atoms with E-state index >= 15 is 0 Å². The molecular weight excluding hydrogens is 636 g/mol. The minimum absolute atomic E-state index is 0.0191. The summed E-state index contributed by atoms with van der Waals surface area (Å²) in [4.78, 5) is 31.9. The van der Waals surface area contributed by atoms with Gasteiger partial charge in [0.05, 0.1) is 23.1 Å². The summed E-state index contributed by atoms with van der Waals surface area (Å²) < 4.78 is 82.0. The molecule has 2 heterocycles. The number of likely N-dealkylation sites (tertiary alicyclic amines) is 1. The quantitative estimate of drug-likeness (QED) is 0.234. The van der Waals surface area contributed by atoms with Crippen molar-refractivity contribution in [1.29, 1.82) is 0 Å². The van der Waals surface area contributed by atoms with Crippen LogP contribution in [0.1, 0.15) is 78.0 Å². The molecule has 264 valence electrons. The average molecular weight is 682 g/mol. The van der Waals surface area contributed by atoms with Crippen molar-refractivity contribution in [1.82, 2.24) is 24.7 Å². The smallest absolute Gasteiger partial charge is 0.350 e. The molecule has 1 atom stereocenters. The van der Waals surface area contributed by atoms with E-state index in [2.05, 4.69) is 15.2 Å². The molecule has 1 saturated heterocycles. The van der Waals surface area contributed by atoms with Gasteiger partial charge in [0.2, 0.25) is 0 Å². The van der Waals surface area contributed by atoms with Gasteiger partial charge in [0.25, 0.3) is 5.91 Å². The lowest BCUT2D eigenvalue weighted by Gasteiger charge is -2.22. The number of imidazole rings is 1. The first kappa shape index (κ1) is 38.7. The molecule has 1 fully saturated rings. The standard InChI is InChI=1S/C18H26F3N3O.C17H19F3N2O/c1-12(2)22-17(25)13-5-6-14(16(9-13)18(19,20)21)10-24-8-7-15(11-24)23(3)4;1-11(2)16(23)7-13-4-5-14(15(6-13)17(18,19)20)9-22-8-12(3)21-10-22/h5-6,9,12,15H,7-8,10-11H2,1-4H3,(H,22,25);4-6,8,10-11H,7,9H2,1-3H3/t15-;/m0./s1. The molecule has 0 aliphatic carbocycles. The number of aryl methyl sites for hydroxylation is 1. The highest BCUT2D eigenvalue weighted by atomic mass is 19.4. The molecule has 0 radical (unpaired) electrons. The molecule has 1 N–H and O–H groups in total. The fourth-order valence-corrected chi connectivity index (χ4v) is 5.38. The van der Waals surface area contributed by atoms with Gasteiger partial charge < -0.3 is 14.8 Å². The molecule has 48 heavy (non-hydrogen) atoms. The van der Waals surface area contributed by atoms with Crippen LogP contribution >= 0.6 is 0 Å². The zero-order valence-corrected chi connectivity index (χ0v) is 28.5. The highest BCUT2D eigenvalue weighted by molar-refractivity contribution is 5.94. The Labute approximate surface area is 278 Å². The minimum Gasteiger partial charge on any atom is -0.350 e. The second-order valence-electron chi connectivity index (χ2n) is 13.1. The van der Waals surface area contributed by atoms with Crippen LogP contribution < -0.4 is 5.32 Å². The lowest BCUT2D eigenvalue weighted by Crippen LogP contribution is -2.32. The normalized spacial score (nSPS) is 15.6. The predicted molar refractivity (Wildman–Crippen MR) is 172 cm³/mol. The van der Waals surface area contributed by atoms with Gasteiger partial charge in [0.1, 0.15) is 5.78 Å². The summed E-state index contributed by atoms with van der Waals surface area (Å²) in [5, 5.41) is 2.63. The molecule has 13 heteroatoms. The summed E-state index contributed by atoms with van der Waals surface area (Å²) in [6, 6.07) is 8.23. The summed E-state index contributed by atoms with van der Waals surface area (Å²) in [6.07, 6.45) is -4.78. The number of likely N-dealkylation sites (N-methyl/N-ethyl adjacent to an activating group) is 1. The van der Waals surface area contributed by atoms with Crippen molar-refractivity contribution in [3.63, 3.8) is 0 Å². The molecule has 0 unspecified atom stereocenters. The topological polar surface area (TPSA) is 70.5 Å². The molecule has 1 amide bonds. The number of carbonyl (C=O) groups is 2. The van der Waals surface area contributed by atoms with Crippen molar-refractivity contribution in [2.24, 2.45) is 5.92 Å². The van der Waals surface area contributed by atoms with Crippen molar-refractivity contribution < 1.29 is 35.9 Å². The number of alkyl halides is 6. The molecular formula is C35H45F6N5O2. The summed E-state index contributed by atoms with van der Waals surface area (Å²) in [5.74, 6) is -0.755. The Balaban J connectivity index is 0.000000261. The fraction of sp³-hybridized carbons (Fsp3) is 0.514. The van der Waals surface area contributed by atoms with Crippen LogP contribution in [-0.2, 0) is 36.7 Å². The van der Waals surface area contributed by atoms with Crippen molar-refractivity contribution in [2.75, 3.05) is 27.2 Å². The number of carbonyl (C=O) groups excluding carboxylic acids is 2.